The van der Waals surface area contributed by atoms with Gasteiger partial charge in [-0.3, -0.25) is 0 Å². The normalized spacial score (nSPS) is 17.1. The number of fused-ring (bicyclic) bond motifs is 9. The lowest BCUT2D eigenvalue weighted by Gasteiger charge is -2.19. The second kappa shape index (κ2) is 10.9. The molecule has 0 bridgehead atoms. The molecular weight excluding hydrogens is 627 g/mol. The third kappa shape index (κ3) is 4.33. The van der Waals surface area contributed by atoms with E-state index in [2.05, 4.69) is 30.2 Å². The van der Waals surface area contributed by atoms with Crippen LogP contribution in [0, 0.1) is 0 Å². The van der Waals surface area contributed by atoms with Crippen LogP contribution in [0.4, 0.5) is 0 Å². The van der Waals surface area contributed by atoms with Gasteiger partial charge >= 0.3 is 0 Å². The largest absolute Gasteiger partial charge is 0.455 e. The summed E-state index contributed by atoms with van der Waals surface area (Å²) in [6.45, 7) is 4.42. The molecule has 50 heavy (non-hydrogen) atoms. The van der Waals surface area contributed by atoms with Crippen molar-refractivity contribution in [1.29, 1.82) is 0 Å². The van der Waals surface area contributed by atoms with E-state index in [9.17, 15) is 1.37 Å². The van der Waals surface area contributed by atoms with Crippen LogP contribution in [0.2, 0.25) is 13.1 Å². The molecule has 0 N–H and O–H groups in total. The fourth-order valence-corrected chi connectivity index (χ4v) is 10.1. The topological polar surface area (TPSA) is 51.8 Å². The Morgan fingerprint density at radius 1 is 0.540 bits per heavy atom. The number of furan rings is 1. The second-order valence-corrected chi connectivity index (χ2v) is 16.9. The zero-order valence-electron chi connectivity index (χ0n) is 40.6. The van der Waals surface area contributed by atoms with Crippen LogP contribution in [-0.2, 0) is 0 Å². The van der Waals surface area contributed by atoms with Gasteiger partial charge in [0.05, 0.1) is 19.2 Å². The molecule has 1 aliphatic heterocycles. The summed E-state index contributed by atoms with van der Waals surface area (Å²) in [7, 11) is -2.51. The van der Waals surface area contributed by atoms with E-state index >= 15 is 0 Å². The van der Waals surface area contributed by atoms with Crippen LogP contribution in [0.5, 0.6) is 0 Å². The molecule has 0 unspecified atom stereocenters. The van der Waals surface area contributed by atoms with Crippen LogP contribution < -0.4 is 10.4 Å². The zero-order chi connectivity index (χ0) is 45.6. The molecule has 0 saturated heterocycles. The number of nitrogens with zero attached hydrogens (tertiary/aromatic N) is 3. The van der Waals surface area contributed by atoms with Crippen LogP contribution in [0.3, 0.4) is 0 Å². The Hall–Kier alpha value is -6.17. The molecule has 2 aromatic heterocycles. The van der Waals surface area contributed by atoms with Gasteiger partial charge in [0.2, 0.25) is 0 Å². The Morgan fingerprint density at radius 2 is 1.20 bits per heavy atom. The SMILES string of the molecule is [2H]c1c([2H])c([2H])c(-c2nc(-c3c([2H])c([2H])c([2H])c(-c4c([2H])c([2H])c([2H])c([2H])c4[2H])c3[2H])nc(-c3cc4c(c5oc6c7ccccc7ccc6c35)-c3ccccc3[Si]4(C)C)n2)c([2H])c1[2H]. The third-order valence-electron chi connectivity index (χ3n) is 9.38. The summed E-state index contributed by atoms with van der Waals surface area (Å²) in [4.78, 5) is 14.3. The van der Waals surface area contributed by atoms with Crippen molar-refractivity contribution in [3.05, 3.63) is 151 Å². The Labute approximate surface area is 310 Å². The molecule has 0 atom stereocenters. The predicted octanol–water partition coefficient (Wildman–Crippen LogP) is 10.4. The highest BCUT2D eigenvalue weighted by Crippen LogP contribution is 2.45. The molecule has 236 valence electrons. The van der Waals surface area contributed by atoms with Gasteiger partial charge in [0.1, 0.15) is 19.2 Å². The molecule has 9 aromatic rings. The Kier molecular flexibility index (Phi) is 3.93. The lowest BCUT2D eigenvalue weighted by molar-refractivity contribution is 0.674. The minimum atomic E-state index is -2.51. The summed E-state index contributed by atoms with van der Waals surface area (Å²) < 4.78 is 129. The van der Waals surface area contributed by atoms with Crippen molar-refractivity contribution < 1.29 is 23.6 Å². The number of hydrogen-bond donors (Lipinski definition) is 0. The van der Waals surface area contributed by atoms with Crippen LogP contribution in [0.25, 0.3) is 89.1 Å². The number of benzene rings is 7. The summed E-state index contributed by atoms with van der Waals surface area (Å²) >= 11 is 0. The van der Waals surface area contributed by atoms with Gasteiger partial charge in [0.15, 0.2) is 17.5 Å². The highest BCUT2D eigenvalue weighted by Gasteiger charge is 2.40. The van der Waals surface area contributed by atoms with E-state index in [-0.39, 0.29) is 5.82 Å². The van der Waals surface area contributed by atoms with E-state index in [4.69, 9.17) is 32.2 Å². The lowest BCUT2D eigenvalue weighted by atomic mass is 9.97. The number of aromatic nitrogens is 3. The minimum Gasteiger partial charge on any atom is -0.455 e. The first-order chi connectivity index (χ1) is 30.4. The van der Waals surface area contributed by atoms with Gasteiger partial charge in [-0.25, -0.2) is 15.0 Å². The molecule has 0 fully saturated rings. The molecule has 0 aliphatic carbocycles. The van der Waals surface area contributed by atoms with E-state index in [0.29, 0.717) is 27.5 Å². The van der Waals surface area contributed by atoms with Crippen molar-refractivity contribution >= 4 is 51.2 Å². The highest BCUT2D eigenvalue weighted by molar-refractivity contribution is 7.04. The maximum atomic E-state index is 9.51. The van der Waals surface area contributed by atoms with E-state index in [0.717, 1.165) is 27.1 Å². The Balaban J connectivity index is 1.38. The first-order valence-corrected chi connectivity index (χ1v) is 18.9. The summed E-state index contributed by atoms with van der Waals surface area (Å²) in [5.41, 5.74) is 1.46. The van der Waals surface area contributed by atoms with E-state index in [1.165, 1.54) is 5.19 Å². The second-order valence-electron chi connectivity index (χ2n) is 12.5. The van der Waals surface area contributed by atoms with Crippen molar-refractivity contribution in [3.63, 3.8) is 0 Å². The van der Waals surface area contributed by atoms with Crippen molar-refractivity contribution in [2.75, 3.05) is 0 Å². The molecule has 7 aromatic carbocycles. The van der Waals surface area contributed by atoms with Gasteiger partial charge in [-0.15, -0.1) is 0 Å². The van der Waals surface area contributed by atoms with Crippen LogP contribution in [0.15, 0.2) is 156 Å². The Morgan fingerprint density at radius 3 is 2.02 bits per heavy atom. The van der Waals surface area contributed by atoms with Gasteiger partial charge in [-0.1, -0.05) is 146 Å². The smallest absolute Gasteiger partial charge is 0.164 e. The van der Waals surface area contributed by atoms with Crippen molar-refractivity contribution in [1.82, 2.24) is 15.0 Å². The summed E-state index contributed by atoms with van der Waals surface area (Å²) in [6, 6.07) is 11.9. The Bertz CT molecular complexity index is 3550. The van der Waals surface area contributed by atoms with Crippen LogP contribution in [0.1, 0.15) is 19.2 Å². The van der Waals surface area contributed by atoms with Crippen LogP contribution >= 0.6 is 0 Å². The van der Waals surface area contributed by atoms with Crippen LogP contribution in [-0.4, -0.2) is 23.0 Å². The fraction of sp³-hybridized carbons (Fsp3) is 0.0444. The minimum absolute atomic E-state index is 0.0964. The van der Waals surface area contributed by atoms with Gasteiger partial charge in [0.25, 0.3) is 0 Å². The highest BCUT2D eigenvalue weighted by atomic mass is 28.3. The summed E-state index contributed by atoms with van der Waals surface area (Å²) in [6.07, 6.45) is 0. The molecule has 0 spiro atoms. The van der Waals surface area contributed by atoms with Crippen molar-refractivity contribution in [2.24, 2.45) is 0 Å². The maximum absolute atomic E-state index is 9.51. The number of hydrogen-bond acceptors (Lipinski definition) is 4. The molecule has 10 rings (SSSR count). The predicted molar refractivity (Wildman–Crippen MR) is 209 cm³/mol. The molecule has 0 radical (unpaired) electrons. The first-order valence-electron chi connectivity index (χ1n) is 22.9. The fourth-order valence-electron chi connectivity index (χ4n) is 7.04. The molecule has 5 heteroatoms. The van der Waals surface area contributed by atoms with Crippen molar-refractivity contribution in [3.8, 4) is 56.4 Å². The van der Waals surface area contributed by atoms with Gasteiger partial charge < -0.3 is 4.42 Å². The quantitative estimate of drug-likeness (QED) is 0.175. The summed E-state index contributed by atoms with van der Waals surface area (Å²) in [5, 5.41) is 5.19. The van der Waals surface area contributed by atoms with Gasteiger partial charge in [-0.2, -0.15) is 0 Å². The standard InChI is InChI=1S/C45H31N3OSi/c1-50(2)37-23-12-11-22-34(37)40-38(50)27-36(39-35-25-24-29-16-9-10-21-33(29)41(35)49-42(39)40)45-47-43(30-17-7-4-8-18-30)46-44(48-45)32-20-13-19-31(26-32)28-14-5-3-6-15-28/h3-27H,1-2H3/i3D,4D,5D,6D,7D,8D,13D,14D,15D,17D,18D,19D,20D,26D. The maximum Gasteiger partial charge on any atom is 0.164 e. The lowest BCUT2D eigenvalue weighted by Crippen LogP contribution is -2.49. The monoisotopic (exact) mass is 671 g/mol. The van der Waals surface area contributed by atoms with E-state index < -0.39 is 127 Å². The van der Waals surface area contributed by atoms with Crippen molar-refractivity contribution in [2.45, 2.75) is 13.1 Å². The average molecular weight is 672 g/mol. The zero-order valence-corrected chi connectivity index (χ0v) is 27.6. The van der Waals surface area contributed by atoms with E-state index in [1.54, 1.807) is 0 Å². The first kappa shape index (κ1) is 18.0. The van der Waals surface area contributed by atoms with Gasteiger partial charge in [0, 0.05) is 38.4 Å². The molecule has 1 aliphatic rings. The molecule has 3 heterocycles. The number of rotatable bonds is 4. The molecule has 0 saturated carbocycles. The summed E-state index contributed by atoms with van der Waals surface area (Å²) in [5.74, 6) is -0.982. The van der Waals surface area contributed by atoms with Gasteiger partial charge in [-0.05, 0) is 50.6 Å². The average Bonchev–Trinajstić information content (AvgIpc) is 3.79. The van der Waals surface area contributed by atoms with E-state index in [1.807, 2.05) is 54.6 Å². The molecule has 0 amide bonds. The molecular formula is C45H31N3OSi. The molecule has 4 nitrogen and oxygen atoms in total. The third-order valence-corrected chi connectivity index (χ3v) is 12.9.